The Balaban J connectivity index is 2.14. The average molecular weight is 283 g/mol. The summed E-state index contributed by atoms with van der Waals surface area (Å²) < 4.78 is 6.15. The van der Waals surface area contributed by atoms with E-state index in [1.165, 1.54) is 4.88 Å². The lowest BCUT2D eigenvalue weighted by Crippen LogP contribution is -2.13. The normalized spacial score (nSPS) is 17.3. The lowest BCUT2D eigenvalue weighted by Gasteiger charge is -2.16. The number of rotatable bonds is 0. The maximum Gasteiger partial charge on any atom is 0.109 e. The number of hydrogen-bond acceptors (Lipinski definition) is 2. The lowest BCUT2D eigenvalue weighted by molar-refractivity contribution is 0.0807. The van der Waals surface area contributed by atoms with Gasteiger partial charge in [-0.3, -0.25) is 0 Å². The maximum absolute atomic E-state index is 6.26. The SMILES string of the molecule is CC(C)(C)c1cc(C#CC2CCOCC2)c(Cl)s1. The Morgan fingerprint density at radius 2 is 2.00 bits per heavy atom. The van der Waals surface area contributed by atoms with E-state index in [4.69, 9.17) is 16.3 Å². The molecule has 1 aliphatic rings. The number of thiophene rings is 1. The van der Waals surface area contributed by atoms with Crippen molar-refractivity contribution >= 4 is 22.9 Å². The van der Waals surface area contributed by atoms with Crippen LogP contribution < -0.4 is 0 Å². The summed E-state index contributed by atoms with van der Waals surface area (Å²) in [7, 11) is 0. The average Bonchev–Trinajstić information content (AvgIpc) is 2.69. The van der Waals surface area contributed by atoms with E-state index in [1.807, 2.05) is 0 Å². The lowest BCUT2D eigenvalue weighted by atomic mass is 9.94. The van der Waals surface area contributed by atoms with Gasteiger partial charge in [-0.15, -0.1) is 11.3 Å². The van der Waals surface area contributed by atoms with E-state index in [1.54, 1.807) is 11.3 Å². The molecule has 0 unspecified atom stereocenters. The molecule has 1 aromatic rings. The molecule has 0 amide bonds. The van der Waals surface area contributed by atoms with Crippen LogP contribution in [0.4, 0.5) is 0 Å². The summed E-state index contributed by atoms with van der Waals surface area (Å²) >= 11 is 7.91. The molecule has 0 radical (unpaired) electrons. The van der Waals surface area contributed by atoms with Crippen LogP contribution in [0.1, 0.15) is 44.1 Å². The Morgan fingerprint density at radius 3 is 2.56 bits per heavy atom. The summed E-state index contributed by atoms with van der Waals surface area (Å²) in [5.74, 6) is 7.05. The van der Waals surface area contributed by atoms with Crippen molar-refractivity contribution in [3.05, 3.63) is 20.8 Å². The molecule has 1 aromatic heterocycles. The number of halogens is 1. The monoisotopic (exact) mass is 282 g/mol. The van der Waals surface area contributed by atoms with Gasteiger partial charge in [-0.2, -0.15) is 0 Å². The van der Waals surface area contributed by atoms with Crippen LogP contribution in [0, 0.1) is 17.8 Å². The highest BCUT2D eigenvalue weighted by atomic mass is 35.5. The van der Waals surface area contributed by atoms with Crippen LogP contribution in [0.25, 0.3) is 0 Å². The smallest absolute Gasteiger partial charge is 0.109 e. The molecule has 0 bridgehead atoms. The van der Waals surface area contributed by atoms with Gasteiger partial charge in [0.1, 0.15) is 4.34 Å². The van der Waals surface area contributed by atoms with Gasteiger partial charge in [0, 0.05) is 24.0 Å². The minimum atomic E-state index is 0.146. The third-order valence-electron chi connectivity index (χ3n) is 3.06. The van der Waals surface area contributed by atoms with Crippen molar-refractivity contribution < 1.29 is 4.74 Å². The topological polar surface area (TPSA) is 9.23 Å². The number of ether oxygens (including phenoxy) is 1. The highest BCUT2D eigenvalue weighted by Crippen LogP contribution is 2.35. The van der Waals surface area contributed by atoms with Crippen molar-refractivity contribution in [2.24, 2.45) is 5.92 Å². The molecule has 2 rings (SSSR count). The second-order valence-electron chi connectivity index (χ2n) is 5.70. The van der Waals surface area contributed by atoms with E-state index in [0.717, 1.165) is 36.0 Å². The van der Waals surface area contributed by atoms with Crippen molar-refractivity contribution in [2.75, 3.05) is 13.2 Å². The predicted molar refractivity (Wildman–Crippen MR) is 78.5 cm³/mol. The fourth-order valence-corrected chi connectivity index (χ4v) is 3.09. The van der Waals surface area contributed by atoms with Gasteiger partial charge in [0.2, 0.25) is 0 Å². The Morgan fingerprint density at radius 1 is 1.33 bits per heavy atom. The van der Waals surface area contributed by atoms with Crippen LogP contribution >= 0.6 is 22.9 Å². The molecule has 0 aliphatic carbocycles. The Hall–Kier alpha value is -0.490. The molecule has 1 nitrogen and oxygen atoms in total. The summed E-state index contributed by atoms with van der Waals surface area (Å²) in [4.78, 5) is 1.30. The molecule has 1 aliphatic heterocycles. The van der Waals surface area contributed by atoms with Crippen LogP contribution in [0.2, 0.25) is 4.34 Å². The molecule has 18 heavy (non-hydrogen) atoms. The molecular weight excluding hydrogens is 264 g/mol. The molecule has 0 aromatic carbocycles. The highest BCUT2D eigenvalue weighted by molar-refractivity contribution is 7.16. The van der Waals surface area contributed by atoms with E-state index in [2.05, 4.69) is 38.7 Å². The van der Waals surface area contributed by atoms with E-state index < -0.39 is 0 Å². The summed E-state index contributed by atoms with van der Waals surface area (Å²) in [6, 6.07) is 2.14. The molecule has 3 heteroatoms. The second kappa shape index (κ2) is 5.65. The van der Waals surface area contributed by atoms with Crippen molar-refractivity contribution in [1.29, 1.82) is 0 Å². The van der Waals surface area contributed by atoms with E-state index in [9.17, 15) is 0 Å². The Bertz CT molecular complexity index is 467. The predicted octanol–water partition coefficient (Wildman–Crippen LogP) is 4.48. The van der Waals surface area contributed by atoms with Gasteiger partial charge in [0.15, 0.2) is 0 Å². The fourth-order valence-electron chi connectivity index (χ4n) is 1.85. The minimum absolute atomic E-state index is 0.146. The maximum atomic E-state index is 6.26. The van der Waals surface area contributed by atoms with Gasteiger partial charge < -0.3 is 4.74 Å². The van der Waals surface area contributed by atoms with Gasteiger partial charge in [-0.25, -0.2) is 0 Å². The largest absolute Gasteiger partial charge is 0.381 e. The molecule has 98 valence electrons. The quantitative estimate of drug-likeness (QED) is 0.638. The molecule has 1 saturated heterocycles. The molecule has 0 atom stereocenters. The first-order valence-electron chi connectivity index (χ1n) is 6.36. The van der Waals surface area contributed by atoms with Crippen molar-refractivity contribution in [1.82, 2.24) is 0 Å². The van der Waals surface area contributed by atoms with Crippen molar-refractivity contribution in [3.63, 3.8) is 0 Å². The Kier molecular flexibility index (Phi) is 4.37. The van der Waals surface area contributed by atoms with Crippen LogP contribution in [0.3, 0.4) is 0 Å². The van der Waals surface area contributed by atoms with Crippen LogP contribution in [0.5, 0.6) is 0 Å². The standard InChI is InChI=1S/C15H19ClOS/c1-15(2,3)13-10-12(14(16)18-13)5-4-11-6-8-17-9-7-11/h10-11H,6-9H2,1-3H3. The molecule has 0 N–H and O–H groups in total. The highest BCUT2D eigenvalue weighted by Gasteiger charge is 2.18. The van der Waals surface area contributed by atoms with Crippen LogP contribution in [0.15, 0.2) is 6.07 Å². The minimum Gasteiger partial charge on any atom is -0.381 e. The van der Waals surface area contributed by atoms with Gasteiger partial charge in [0.25, 0.3) is 0 Å². The molecule has 1 fully saturated rings. The van der Waals surface area contributed by atoms with E-state index >= 15 is 0 Å². The summed E-state index contributed by atoms with van der Waals surface area (Å²) in [6.45, 7) is 8.27. The third-order valence-corrected chi connectivity index (χ3v) is 4.84. The summed E-state index contributed by atoms with van der Waals surface area (Å²) in [5.41, 5.74) is 1.13. The summed E-state index contributed by atoms with van der Waals surface area (Å²) in [6.07, 6.45) is 2.09. The molecule has 2 heterocycles. The van der Waals surface area contributed by atoms with E-state index in [-0.39, 0.29) is 5.41 Å². The molecule has 0 saturated carbocycles. The Labute approximate surface area is 118 Å². The van der Waals surface area contributed by atoms with Crippen LogP contribution in [-0.4, -0.2) is 13.2 Å². The van der Waals surface area contributed by atoms with Gasteiger partial charge in [-0.05, 0) is 24.3 Å². The van der Waals surface area contributed by atoms with Gasteiger partial charge in [-0.1, -0.05) is 44.2 Å². The van der Waals surface area contributed by atoms with Gasteiger partial charge in [0.05, 0.1) is 5.56 Å². The van der Waals surface area contributed by atoms with Crippen molar-refractivity contribution in [3.8, 4) is 11.8 Å². The fraction of sp³-hybridized carbons (Fsp3) is 0.600. The molecule has 0 spiro atoms. The first kappa shape index (κ1) is 13.9. The number of hydrogen-bond donors (Lipinski definition) is 0. The van der Waals surface area contributed by atoms with E-state index in [0.29, 0.717) is 5.92 Å². The zero-order valence-electron chi connectivity index (χ0n) is 11.2. The van der Waals surface area contributed by atoms with Crippen molar-refractivity contribution in [2.45, 2.75) is 39.0 Å². The molecular formula is C15H19ClOS. The zero-order valence-corrected chi connectivity index (χ0v) is 12.8. The zero-order chi connectivity index (χ0) is 13.2. The summed E-state index contributed by atoms with van der Waals surface area (Å²) in [5, 5.41) is 0. The second-order valence-corrected chi connectivity index (χ2v) is 7.36. The van der Waals surface area contributed by atoms with Crippen LogP contribution in [-0.2, 0) is 10.2 Å². The third kappa shape index (κ3) is 3.51. The van der Waals surface area contributed by atoms with Gasteiger partial charge >= 0.3 is 0 Å². The first-order valence-corrected chi connectivity index (χ1v) is 7.55. The first-order chi connectivity index (χ1) is 8.47.